The number of hydrogen-bond acceptors (Lipinski definition) is 4. The summed E-state index contributed by atoms with van der Waals surface area (Å²) < 4.78 is 5.48. The first-order chi connectivity index (χ1) is 16.9. The molecule has 0 aromatic heterocycles. The molecule has 37 heavy (non-hydrogen) atoms. The van der Waals surface area contributed by atoms with Crippen molar-refractivity contribution in [1.82, 2.24) is 15.5 Å². The SMILES string of the molecule is C=Cc1cccc(C(C(=O)NC(C)(C)C)N(C(=O)C(NC(=O)OC(C)(C)C)C(C)CC)C(C)(C)CC)c1. The third-order valence-corrected chi connectivity index (χ3v) is 6.37. The van der Waals surface area contributed by atoms with Crippen LogP contribution in [-0.2, 0) is 14.3 Å². The molecule has 0 fully saturated rings. The van der Waals surface area contributed by atoms with E-state index >= 15 is 0 Å². The van der Waals surface area contributed by atoms with Crippen LogP contribution in [0.4, 0.5) is 4.79 Å². The standard InChI is InChI=1S/C30H49N3O4/c1-13-20(4)23(31-27(36)37-29(8,9)10)26(35)33(30(11,12)15-3)24(25(34)32-28(5,6)7)22-18-16-17-21(14-2)19-22/h14,16-20,23-24H,2,13,15H2,1,3-12H3,(H,31,36)(H,32,34). The van der Waals surface area contributed by atoms with Crippen LogP contribution < -0.4 is 10.6 Å². The first-order valence-electron chi connectivity index (χ1n) is 13.2. The van der Waals surface area contributed by atoms with E-state index in [1.54, 1.807) is 31.7 Å². The van der Waals surface area contributed by atoms with E-state index in [1.165, 1.54) is 0 Å². The molecular weight excluding hydrogens is 466 g/mol. The highest BCUT2D eigenvalue weighted by molar-refractivity contribution is 5.93. The molecule has 0 radical (unpaired) electrons. The molecule has 208 valence electrons. The topological polar surface area (TPSA) is 87.7 Å². The van der Waals surface area contributed by atoms with E-state index in [0.29, 0.717) is 18.4 Å². The van der Waals surface area contributed by atoms with Gasteiger partial charge in [-0.3, -0.25) is 9.59 Å². The third-order valence-electron chi connectivity index (χ3n) is 6.37. The van der Waals surface area contributed by atoms with E-state index in [4.69, 9.17) is 4.74 Å². The van der Waals surface area contributed by atoms with Crippen LogP contribution in [0.3, 0.4) is 0 Å². The molecule has 3 atom stereocenters. The Balaban J connectivity index is 3.76. The zero-order chi connectivity index (χ0) is 28.8. The molecule has 0 saturated carbocycles. The van der Waals surface area contributed by atoms with Crippen molar-refractivity contribution in [3.8, 4) is 0 Å². The lowest BCUT2D eigenvalue weighted by atomic mass is 9.89. The lowest BCUT2D eigenvalue weighted by Gasteiger charge is -2.46. The lowest BCUT2D eigenvalue weighted by molar-refractivity contribution is -0.151. The Labute approximate surface area is 224 Å². The van der Waals surface area contributed by atoms with Gasteiger partial charge < -0.3 is 20.3 Å². The zero-order valence-electron chi connectivity index (χ0n) is 24.8. The van der Waals surface area contributed by atoms with Gasteiger partial charge in [0.25, 0.3) is 0 Å². The van der Waals surface area contributed by atoms with Gasteiger partial charge in [0.05, 0.1) is 0 Å². The van der Waals surface area contributed by atoms with Crippen molar-refractivity contribution >= 4 is 24.0 Å². The molecule has 3 unspecified atom stereocenters. The molecule has 0 aliphatic rings. The van der Waals surface area contributed by atoms with Crippen LogP contribution in [0.5, 0.6) is 0 Å². The van der Waals surface area contributed by atoms with Crippen LogP contribution in [0.25, 0.3) is 6.08 Å². The van der Waals surface area contributed by atoms with Crippen molar-refractivity contribution in [2.24, 2.45) is 5.92 Å². The Morgan fingerprint density at radius 2 is 1.65 bits per heavy atom. The Bertz CT molecular complexity index is 956. The molecule has 1 rings (SSSR count). The minimum absolute atomic E-state index is 0.194. The molecule has 7 heteroatoms. The molecule has 0 heterocycles. The molecule has 0 bridgehead atoms. The number of carbonyl (C=O) groups is 3. The number of nitrogens with zero attached hydrogens (tertiary/aromatic N) is 1. The average Bonchev–Trinajstić information content (AvgIpc) is 2.77. The predicted octanol–water partition coefficient (Wildman–Crippen LogP) is 6.24. The fraction of sp³-hybridized carbons (Fsp3) is 0.633. The Hall–Kier alpha value is -2.83. The maximum atomic E-state index is 14.4. The van der Waals surface area contributed by atoms with Gasteiger partial charge in [0.2, 0.25) is 11.8 Å². The van der Waals surface area contributed by atoms with Crippen molar-refractivity contribution in [3.05, 3.63) is 42.0 Å². The van der Waals surface area contributed by atoms with Gasteiger partial charge in [0.15, 0.2) is 0 Å². The highest BCUT2D eigenvalue weighted by atomic mass is 16.6. The van der Waals surface area contributed by atoms with Crippen LogP contribution in [-0.4, -0.2) is 45.5 Å². The molecule has 0 spiro atoms. The minimum Gasteiger partial charge on any atom is -0.444 e. The van der Waals surface area contributed by atoms with Crippen LogP contribution >= 0.6 is 0 Å². The number of hydrogen-bond donors (Lipinski definition) is 2. The van der Waals surface area contributed by atoms with Gasteiger partial charge in [-0.2, -0.15) is 0 Å². The normalized spacial score (nSPS) is 14.7. The van der Waals surface area contributed by atoms with Gasteiger partial charge in [-0.1, -0.05) is 58.0 Å². The summed E-state index contributed by atoms with van der Waals surface area (Å²) in [6.07, 6.45) is 2.30. The number of carbonyl (C=O) groups excluding carboxylic acids is 3. The van der Waals surface area contributed by atoms with Gasteiger partial charge in [0.1, 0.15) is 17.7 Å². The van der Waals surface area contributed by atoms with E-state index < -0.39 is 34.9 Å². The number of alkyl carbamates (subject to hydrolysis) is 1. The fourth-order valence-electron chi connectivity index (χ4n) is 3.92. The summed E-state index contributed by atoms with van der Waals surface area (Å²) in [5.74, 6) is -0.810. The first-order valence-corrected chi connectivity index (χ1v) is 13.2. The highest BCUT2D eigenvalue weighted by Gasteiger charge is 2.44. The molecule has 0 saturated heterocycles. The number of amides is 3. The summed E-state index contributed by atoms with van der Waals surface area (Å²) in [7, 11) is 0. The summed E-state index contributed by atoms with van der Waals surface area (Å²) >= 11 is 0. The maximum absolute atomic E-state index is 14.4. The van der Waals surface area contributed by atoms with Crippen molar-refractivity contribution in [2.45, 2.75) is 118 Å². The van der Waals surface area contributed by atoms with Gasteiger partial charge in [-0.15, -0.1) is 0 Å². The van der Waals surface area contributed by atoms with Crippen LogP contribution in [0.15, 0.2) is 30.8 Å². The molecular formula is C30H49N3O4. The number of rotatable bonds is 10. The number of ether oxygens (including phenoxy) is 1. The van der Waals surface area contributed by atoms with Crippen molar-refractivity contribution in [2.75, 3.05) is 0 Å². The second kappa shape index (κ2) is 12.6. The summed E-state index contributed by atoms with van der Waals surface area (Å²) in [4.78, 5) is 42.8. The molecule has 1 aromatic carbocycles. The quantitative estimate of drug-likeness (QED) is 0.386. The summed E-state index contributed by atoms with van der Waals surface area (Å²) in [5.41, 5.74) is -0.410. The average molecular weight is 516 g/mol. The Kier molecular flexibility index (Phi) is 11.0. The maximum Gasteiger partial charge on any atom is 0.408 e. The second-order valence-corrected chi connectivity index (χ2v) is 12.4. The van der Waals surface area contributed by atoms with Crippen LogP contribution in [0.1, 0.15) is 106 Å². The van der Waals surface area contributed by atoms with E-state index in [1.807, 2.05) is 79.7 Å². The van der Waals surface area contributed by atoms with Gasteiger partial charge in [-0.25, -0.2) is 4.79 Å². The van der Waals surface area contributed by atoms with Crippen molar-refractivity contribution in [1.29, 1.82) is 0 Å². The predicted molar refractivity (Wildman–Crippen MR) is 151 cm³/mol. The van der Waals surface area contributed by atoms with E-state index in [0.717, 1.165) is 5.56 Å². The molecule has 1 aromatic rings. The molecule has 0 aliphatic heterocycles. The largest absolute Gasteiger partial charge is 0.444 e. The highest BCUT2D eigenvalue weighted by Crippen LogP contribution is 2.34. The third kappa shape index (κ3) is 9.52. The second-order valence-electron chi connectivity index (χ2n) is 12.4. The monoisotopic (exact) mass is 515 g/mol. The molecule has 2 N–H and O–H groups in total. The van der Waals surface area contributed by atoms with Gasteiger partial charge in [0, 0.05) is 11.1 Å². The van der Waals surface area contributed by atoms with Crippen LogP contribution in [0.2, 0.25) is 0 Å². The summed E-state index contributed by atoms with van der Waals surface area (Å²) in [6.45, 7) is 24.7. The number of nitrogens with one attached hydrogen (secondary N) is 2. The summed E-state index contributed by atoms with van der Waals surface area (Å²) in [6, 6.07) is 5.69. The van der Waals surface area contributed by atoms with E-state index in [-0.39, 0.29) is 17.7 Å². The summed E-state index contributed by atoms with van der Waals surface area (Å²) in [5, 5.41) is 5.89. The van der Waals surface area contributed by atoms with Crippen molar-refractivity contribution in [3.63, 3.8) is 0 Å². The lowest BCUT2D eigenvalue weighted by Crippen LogP contribution is -2.61. The smallest absolute Gasteiger partial charge is 0.408 e. The Morgan fingerprint density at radius 3 is 2.11 bits per heavy atom. The van der Waals surface area contributed by atoms with E-state index in [9.17, 15) is 14.4 Å². The fourth-order valence-corrected chi connectivity index (χ4v) is 3.92. The van der Waals surface area contributed by atoms with Crippen LogP contribution in [0, 0.1) is 5.92 Å². The molecule has 3 amide bonds. The Morgan fingerprint density at radius 1 is 1.05 bits per heavy atom. The minimum atomic E-state index is -0.923. The van der Waals surface area contributed by atoms with Gasteiger partial charge >= 0.3 is 6.09 Å². The van der Waals surface area contributed by atoms with Gasteiger partial charge in [-0.05, 0) is 84.9 Å². The number of benzene rings is 1. The molecule has 7 nitrogen and oxygen atoms in total. The van der Waals surface area contributed by atoms with Crippen molar-refractivity contribution < 1.29 is 19.1 Å². The molecule has 0 aliphatic carbocycles. The van der Waals surface area contributed by atoms with E-state index in [2.05, 4.69) is 17.2 Å². The zero-order valence-corrected chi connectivity index (χ0v) is 24.8. The first kappa shape index (κ1) is 32.2.